The highest BCUT2D eigenvalue weighted by Crippen LogP contribution is 2.23. The quantitative estimate of drug-likeness (QED) is 0.858. The van der Waals surface area contributed by atoms with E-state index in [1.807, 2.05) is 6.92 Å². The minimum absolute atomic E-state index is 0.197. The van der Waals surface area contributed by atoms with E-state index in [2.05, 4.69) is 10.4 Å². The van der Waals surface area contributed by atoms with Crippen molar-refractivity contribution in [3.8, 4) is 5.69 Å². The Kier molecular flexibility index (Phi) is 5.20. The van der Waals surface area contributed by atoms with Crippen molar-refractivity contribution in [2.45, 2.75) is 26.2 Å². The number of benzene rings is 1. The van der Waals surface area contributed by atoms with Crippen molar-refractivity contribution >= 4 is 17.7 Å². The summed E-state index contributed by atoms with van der Waals surface area (Å²) in [5.74, 6) is -1.76. The number of likely N-dealkylation sites (tertiary alicyclic amines) is 1. The number of rotatable bonds is 5. The van der Waals surface area contributed by atoms with Crippen LogP contribution in [0.5, 0.6) is 0 Å². The lowest BCUT2D eigenvalue weighted by Crippen LogP contribution is -2.34. The number of carboxylic acids is 1. The highest BCUT2D eigenvalue weighted by molar-refractivity contribution is 5.90. The Bertz CT molecular complexity index is 821. The van der Waals surface area contributed by atoms with Gasteiger partial charge in [-0.3, -0.25) is 4.79 Å². The van der Waals surface area contributed by atoms with Gasteiger partial charge in [0, 0.05) is 13.1 Å². The zero-order chi connectivity index (χ0) is 18.7. The Balaban J connectivity index is 1.80. The molecule has 8 heteroatoms. The molecule has 2 aromatic rings. The Hall–Kier alpha value is -2.90. The lowest BCUT2D eigenvalue weighted by molar-refractivity contribution is -0.141. The van der Waals surface area contributed by atoms with Crippen LogP contribution in [0, 0.1) is 11.7 Å². The molecule has 1 aromatic heterocycles. The Morgan fingerprint density at radius 2 is 2.23 bits per heavy atom. The molecule has 0 saturated carbocycles. The molecule has 26 heavy (non-hydrogen) atoms. The molecule has 1 atom stereocenters. The molecule has 2 amide bonds. The fourth-order valence-corrected chi connectivity index (χ4v) is 3.13. The van der Waals surface area contributed by atoms with Crippen molar-refractivity contribution in [3.05, 3.63) is 42.0 Å². The first-order valence-corrected chi connectivity index (χ1v) is 8.61. The maximum atomic E-state index is 13.5. The van der Waals surface area contributed by atoms with E-state index in [4.69, 9.17) is 5.11 Å². The molecule has 1 saturated heterocycles. The van der Waals surface area contributed by atoms with Crippen molar-refractivity contribution in [1.29, 1.82) is 0 Å². The van der Waals surface area contributed by atoms with Gasteiger partial charge in [0.05, 0.1) is 29.2 Å². The van der Waals surface area contributed by atoms with Crippen LogP contribution in [-0.4, -0.2) is 44.9 Å². The van der Waals surface area contributed by atoms with Crippen LogP contribution < -0.4 is 5.32 Å². The van der Waals surface area contributed by atoms with Gasteiger partial charge in [0.25, 0.3) is 0 Å². The molecule has 1 aliphatic heterocycles. The Morgan fingerprint density at radius 1 is 1.42 bits per heavy atom. The highest BCUT2D eigenvalue weighted by atomic mass is 19.1. The van der Waals surface area contributed by atoms with Crippen LogP contribution in [0.15, 0.2) is 30.5 Å². The molecule has 0 aliphatic carbocycles. The third-order valence-corrected chi connectivity index (χ3v) is 4.47. The van der Waals surface area contributed by atoms with E-state index in [1.54, 1.807) is 23.0 Å². The first-order valence-electron chi connectivity index (χ1n) is 8.61. The normalized spacial score (nSPS) is 16.7. The summed E-state index contributed by atoms with van der Waals surface area (Å²) in [5, 5.41) is 16.2. The number of carbonyl (C=O) groups is 2. The number of aliphatic carboxylic acids is 1. The third-order valence-electron chi connectivity index (χ3n) is 4.47. The molecule has 2 N–H and O–H groups in total. The van der Waals surface area contributed by atoms with Crippen molar-refractivity contribution < 1.29 is 19.1 Å². The van der Waals surface area contributed by atoms with Crippen molar-refractivity contribution in [1.82, 2.24) is 14.7 Å². The summed E-state index contributed by atoms with van der Waals surface area (Å²) < 4.78 is 15.1. The summed E-state index contributed by atoms with van der Waals surface area (Å²) in [6.45, 7) is 2.61. The average Bonchev–Trinajstić information content (AvgIpc) is 3.23. The molecule has 0 radical (unpaired) electrons. The van der Waals surface area contributed by atoms with E-state index < -0.39 is 11.9 Å². The second-order valence-electron chi connectivity index (χ2n) is 6.35. The second kappa shape index (κ2) is 7.55. The lowest BCUT2D eigenvalue weighted by atomic mass is 10.1. The Labute approximate surface area is 150 Å². The van der Waals surface area contributed by atoms with Gasteiger partial charge in [-0.25, -0.2) is 13.9 Å². The number of urea groups is 1. The molecule has 138 valence electrons. The van der Waals surface area contributed by atoms with Gasteiger partial charge in [0.15, 0.2) is 0 Å². The zero-order valence-corrected chi connectivity index (χ0v) is 14.5. The van der Waals surface area contributed by atoms with E-state index in [9.17, 15) is 14.0 Å². The molecule has 1 fully saturated rings. The molecule has 7 nitrogen and oxygen atoms in total. The summed E-state index contributed by atoms with van der Waals surface area (Å²) in [7, 11) is 0. The number of hydrogen-bond donors (Lipinski definition) is 2. The molecule has 0 spiro atoms. The van der Waals surface area contributed by atoms with E-state index in [-0.39, 0.29) is 18.4 Å². The fourth-order valence-electron chi connectivity index (χ4n) is 3.13. The fraction of sp³-hybridized carbons (Fsp3) is 0.389. The summed E-state index contributed by atoms with van der Waals surface area (Å²) in [4.78, 5) is 25.0. The number of amides is 2. The number of aromatic nitrogens is 2. The smallest absolute Gasteiger partial charge is 0.321 e. The first-order chi connectivity index (χ1) is 12.5. The van der Waals surface area contributed by atoms with Gasteiger partial charge in [-0.1, -0.05) is 19.4 Å². The molecule has 3 rings (SSSR count). The van der Waals surface area contributed by atoms with Crippen molar-refractivity contribution in [2.75, 3.05) is 18.4 Å². The van der Waals surface area contributed by atoms with Crippen LogP contribution in [0.2, 0.25) is 0 Å². The van der Waals surface area contributed by atoms with Gasteiger partial charge < -0.3 is 15.3 Å². The van der Waals surface area contributed by atoms with Crippen LogP contribution >= 0.6 is 0 Å². The van der Waals surface area contributed by atoms with Crippen molar-refractivity contribution in [2.24, 2.45) is 5.92 Å². The highest BCUT2D eigenvalue weighted by Gasteiger charge is 2.31. The number of anilines is 1. The van der Waals surface area contributed by atoms with Gasteiger partial charge in [0.2, 0.25) is 0 Å². The third kappa shape index (κ3) is 3.68. The predicted octanol–water partition coefficient (Wildman–Crippen LogP) is 2.90. The molecule has 0 bridgehead atoms. The maximum absolute atomic E-state index is 13.5. The molecule has 2 heterocycles. The molecule has 1 aromatic carbocycles. The number of carboxylic acid groups (broad SMARTS) is 1. The summed E-state index contributed by atoms with van der Waals surface area (Å²) in [6, 6.07) is 5.76. The Morgan fingerprint density at radius 3 is 2.88 bits per heavy atom. The number of nitrogens with one attached hydrogen (secondary N) is 1. The SMILES string of the molecule is CCCc1c(NC(=O)N2CCC(C(=O)O)C2)cnn1-c1cccc(F)c1. The number of carbonyl (C=O) groups excluding carboxylic acids is 1. The van der Waals surface area contributed by atoms with Gasteiger partial charge in [0.1, 0.15) is 5.82 Å². The van der Waals surface area contributed by atoms with E-state index >= 15 is 0 Å². The molecular weight excluding hydrogens is 339 g/mol. The lowest BCUT2D eigenvalue weighted by Gasteiger charge is -2.17. The van der Waals surface area contributed by atoms with Gasteiger partial charge in [-0.15, -0.1) is 0 Å². The number of hydrogen-bond acceptors (Lipinski definition) is 3. The number of nitrogens with zero attached hydrogens (tertiary/aromatic N) is 3. The summed E-state index contributed by atoms with van der Waals surface area (Å²) >= 11 is 0. The number of halogens is 1. The second-order valence-corrected chi connectivity index (χ2v) is 6.35. The van der Waals surface area contributed by atoms with Gasteiger partial charge >= 0.3 is 12.0 Å². The van der Waals surface area contributed by atoms with Crippen LogP contribution in [0.3, 0.4) is 0 Å². The average molecular weight is 360 g/mol. The largest absolute Gasteiger partial charge is 0.481 e. The predicted molar refractivity (Wildman–Crippen MR) is 93.9 cm³/mol. The van der Waals surface area contributed by atoms with E-state index in [0.29, 0.717) is 30.8 Å². The monoisotopic (exact) mass is 360 g/mol. The minimum atomic E-state index is -0.883. The van der Waals surface area contributed by atoms with E-state index in [0.717, 1.165) is 12.1 Å². The van der Waals surface area contributed by atoms with Gasteiger partial charge in [-0.2, -0.15) is 5.10 Å². The zero-order valence-electron chi connectivity index (χ0n) is 14.5. The standard InChI is InChI=1S/C18H21FN4O3/c1-2-4-16-15(10-20-23(16)14-6-3-5-13(19)9-14)21-18(26)22-8-7-12(11-22)17(24)25/h3,5-6,9-10,12H,2,4,7-8,11H2,1H3,(H,21,26)(H,24,25). The molecule has 1 aliphatic rings. The van der Waals surface area contributed by atoms with Crippen LogP contribution in [0.4, 0.5) is 14.9 Å². The van der Waals surface area contributed by atoms with Gasteiger partial charge in [-0.05, 0) is 31.0 Å². The summed E-state index contributed by atoms with van der Waals surface area (Å²) in [5.41, 5.74) is 1.92. The first kappa shape index (κ1) is 17.9. The minimum Gasteiger partial charge on any atom is -0.481 e. The maximum Gasteiger partial charge on any atom is 0.321 e. The topological polar surface area (TPSA) is 87.5 Å². The van der Waals surface area contributed by atoms with Crippen molar-refractivity contribution in [3.63, 3.8) is 0 Å². The van der Waals surface area contributed by atoms with Crippen LogP contribution in [0.1, 0.15) is 25.5 Å². The molecule has 1 unspecified atom stereocenters. The van der Waals surface area contributed by atoms with Crippen LogP contribution in [-0.2, 0) is 11.2 Å². The van der Waals surface area contributed by atoms with E-state index in [1.165, 1.54) is 17.0 Å². The van der Waals surface area contributed by atoms with Crippen LogP contribution in [0.25, 0.3) is 5.69 Å². The summed E-state index contributed by atoms with van der Waals surface area (Å²) in [6.07, 6.45) is 3.48. The molecular formula is C18H21FN4O3.